The summed E-state index contributed by atoms with van der Waals surface area (Å²) < 4.78 is 0. The van der Waals surface area contributed by atoms with Crippen LogP contribution in [-0.2, 0) is 4.79 Å². The molecular formula is C12H23N3O3. The highest BCUT2D eigenvalue weighted by Crippen LogP contribution is 2.14. The molecule has 0 bridgehead atoms. The Morgan fingerprint density at radius 3 is 2.72 bits per heavy atom. The lowest BCUT2D eigenvalue weighted by atomic mass is 9.99. The number of nitrogens with one attached hydrogen (secondary N) is 2. The van der Waals surface area contributed by atoms with Crippen LogP contribution in [0.3, 0.4) is 0 Å². The van der Waals surface area contributed by atoms with Crippen molar-refractivity contribution in [2.24, 2.45) is 5.92 Å². The van der Waals surface area contributed by atoms with Gasteiger partial charge in [-0.2, -0.15) is 0 Å². The van der Waals surface area contributed by atoms with Crippen LogP contribution in [0.1, 0.15) is 26.7 Å². The maximum absolute atomic E-state index is 11.6. The minimum Gasteiger partial charge on any atom is -0.481 e. The van der Waals surface area contributed by atoms with Crippen molar-refractivity contribution in [2.45, 2.75) is 38.8 Å². The van der Waals surface area contributed by atoms with E-state index in [2.05, 4.69) is 29.5 Å². The average molecular weight is 257 g/mol. The van der Waals surface area contributed by atoms with Crippen LogP contribution in [0.2, 0.25) is 0 Å². The summed E-state index contributed by atoms with van der Waals surface area (Å²) in [6, 6.07) is 0.364. The lowest BCUT2D eigenvalue weighted by molar-refractivity contribution is -0.140. The van der Waals surface area contributed by atoms with Gasteiger partial charge < -0.3 is 20.6 Å². The van der Waals surface area contributed by atoms with E-state index in [0.29, 0.717) is 6.04 Å². The first-order valence-electron chi connectivity index (χ1n) is 6.37. The van der Waals surface area contributed by atoms with Crippen molar-refractivity contribution in [3.8, 4) is 0 Å². The van der Waals surface area contributed by atoms with Crippen molar-refractivity contribution < 1.29 is 14.7 Å². The zero-order valence-electron chi connectivity index (χ0n) is 11.3. The van der Waals surface area contributed by atoms with Crippen molar-refractivity contribution in [2.75, 3.05) is 20.1 Å². The summed E-state index contributed by atoms with van der Waals surface area (Å²) in [5, 5.41) is 14.2. The zero-order chi connectivity index (χ0) is 13.7. The monoisotopic (exact) mass is 257 g/mol. The van der Waals surface area contributed by atoms with Crippen LogP contribution in [0, 0.1) is 5.92 Å². The molecule has 1 rings (SSSR count). The van der Waals surface area contributed by atoms with E-state index in [1.807, 2.05) is 0 Å². The lowest BCUT2D eigenvalue weighted by Gasteiger charge is -2.35. The molecule has 3 N–H and O–H groups in total. The third kappa shape index (κ3) is 4.52. The first kappa shape index (κ1) is 14.8. The minimum atomic E-state index is -0.900. The predicted molar refractivity (Wildman–Crippen MR) is 68.4 cm³/mol. The Labute approximate surface area is 108 Å². The van der Waals surface area contributed by atoms with Crippen LogP contribution in [-0.4, -0.2) is 54.2 Å². The van der Waals surface area contributed by atoms with Crippen molar-refractivity contribution in [3.63, 3.8) is 0 Å². The molecule has 1 aliphatic heterocycles. The van der Waals surface area contributed by atoms with Gasteiger partial charge in [-0.25, -0.2) is 4.79 Å². The number of urea groups is 1. The van der Waals surface area contributed by atoms with Crippen LogP contribution in [0.5, 0.6) is 0 Å². The second kappa shape index (κ2) is 6.58. The molecule has 0 aromatic carbocycles. The van der Waals surface area contributed by atoms with Crippen molar-refractivity contribution in [1.82, 2.24) is 15.5 Å². The largest absolute Gasteiger partial charge is 0.481 e. The van der Waals surface area contributed by atoms with E-state index in [1.54, 1.807) is 6.92 Å². The quantitative estimate of drug-likeness (QED) is 0.684. The van der Waals surface area contributed by atoms with Crippen LogP contribution in [0.4, 0.5) is 4.79 Å². The number of carboxylic acids is 1. The Morgan fingerprint density at radius 2 is 2.17 bits per heavy atom. The summed E-state index contributed by atoms with van der Waals surface area (Å²) in [6.07, 6.45) is 1.86. The molecule has 3 atom stereocenters. The van der Waals surface area contributed by atoms with Crippen LogP contribution in [0.25, 0.3) is 0 Å². The van der Waals surface area contributed by atoms with E-state index < -0.39 is 11.9 Å². The first-order chi connectivity index (χ1) is 8.40. The van der Waals surface area contributed by atoms with E-state index in [-0.39, 0.29) is 18.6 Å². The average Bonchev–Trinajstić information content (AvgIpc) is 2.30. The summed E-state index contributed by atoms with van der Waals surface area (Å²) in [5.74, 6) is -1.46. The van der Waals surface area contributed by atoms with Gasteiger partial charge >= 0.3 is 12.0 Å². The Bertz CT molecular complexity index is 309. The van der Waals surface area contributed by atoms with E-state index in [4.69, 9.17) is 5.11 Å². The van der Waals surface area contributed by atoms with E-state index in [0.717, 1.165) is 19.4 Å². The van der Waals surface area contributed by atoms with Gasteiger partial charge in [-0.15, -0.1) is 0 Å². The van der Waals surface area contributed by atoms with Crippen LogP contribution >= 0.6 is 0 Å². The first-order valence-corrected chi connectivity index (χ1v) is 6.37. The second-order valence-corrected chi connectivity index (χ2v) is 5.14. The number of hydrogen-bond donors (Lipinski definition) is 3. The summed E-state index contributed by atoms with van der Waals surface area (Å²) in [7, 11) is 2.08. The summed E-state index contributed by atoms with van der Waals surface area (Å²) in [6.45, 7) is 4.83. The van der Waals surface area contributed by atoms with Crippen LogP contribution in [0.15, 0.2) is 0 Å². The molecule has 6 heteroatoms. The van der Waals surface area contributed by atoms with E-state index >= 15 is 0 Å². The number of carbonyl (C=O) groups is 2. The second-order valence-electron chi connectivity index (χ2n) is 5.14. The molecule has 0 spiro atoms. The maximum Gasteiger partial charge on any atom is 0.315 e. The van der Waals surface area contributed by atoms with Crippen molar-refractivity contribution in [3.05, 3.63) is 0 Å². The molecule has 6 nitrogen and oxygen atoms in total. The van der Waals surface area contributed by atoms with Crippen molar-refractivity contribution in [1.29, 1.82) is 0 Å². The Hall–Kier alpha value is -1.30. The zero-order valence-corrected chi connectivity index (χ0v) is 11.3. The van der Waals surface area contributed by atoms with Gasteiger partial charge in [0.25, 0.3) is 0 Å². The molecule has 3 unspecified atom stereocenters. The van der Waals surface area contributed by atoms with E-state index in [9.17, 15) is 9.59 Å². The number of aliphatic carboxylic acids is 1. The highest BCUT2D eigenvalue weighted by atomic mass is 16.4. The fourth-order valence-corrected chi connectivity index (χ4v) is 1.99. The lowest BCUT2D eigenvalue weighted by Crippen LogP contribution is -2.50. The number of nitrogens with zero attached hydrogens (tertiary/aromatic N) is 1. The van der Waals surface area contributed by atoms with Gasteiger partial charge in [-0.1, -0.05) is 6.92 Å². The fraction of sp³-hybridized carbons (Fsp3) is 0.833. The molecule has 1 fully saturated rings. The van der Waals surface area contributed by atoms with Gasteiger partial charge in [0, 0.05) is 25.2 Å². The molecule has 0 aromatic rings. The van der Waals surface area contributed by atoms with Gasteiger partial charge in [0.2, 0.25) is 0 Å². The Balaban J connectivity index is 2.26. The van der Waals surface area contributed by atoms with Gasteiger partial charge in [0.15, 0.2) is 0 Å². The summed E-state index contributed by atoms with van der Waals surface area (Å²) in [5.41, 5.74) is 0. The van der Waals surface area contributed by atoms with Gasteiger partial charge in [-0.3, -0.25) is 4.79 Å². The van der Waals surface area contributed by atoms with Gasteiger partial charge in [-0.05, 0) is 26.8 Å². The summed E-state index contributed by atoms with van der Waals surface area (Å²) >= 11 is 0. The number of carbonyl (C=O) groups excluding carboxylic acids is 1. The van der Waals surface area contributed by atoms with Crippen molar-refractivity contribution >= 4 is 12.0 Å². The predicted octanol–water partition coefficient (Wildman–Crippen LogP) is 0.489. The third-order valence-electron chi connectivity index (χ3n) is 3.53. The molecule has 1 aliphatic rings. The molecule has 104 valence electrons. The third-order valence-corrected chi connectivity index (χ3v) is 3.53. The number of piperidine rings is 1. The van der Waals surface area contributed by atoms with E-state index in [1.165, 1.54) is 0 Å². The fourth-order valence-electron chi connectivity index (χ4n) is 1.99. The van der Waals surface area contributed by atoms with Gasteiger partial charge in [0.05, 0.1) is 5.92 Å². The molecule has 18 heavy (non-hydrogen) atoms. The normalized spacial score (nSPS) is 26.4. The molecule has 0 radical (unpaired) electrons. The highest BCUT2D eigenvalue weighted by Gasteiger charge is 2.24. The maximum atomic E-state index is 11.6. The SMILES string of the molecule is CC(CNC(=O)NC1CCN(C)C(C)C1)C(=O)O. The molecular weight excluding hydrogens is 234 g/mol. The topological polar surface area (TPSA) is 81.7 Å². The van der Waals surface area contributed by atoms with Crippen LogP contribution < -0.4 is 10.6 Å². The number of carboxylic acid groups (broad SMARTS) is 1. The Kier molecular flexibility index (Phi) is 5.40. The molecule has 0 aromatic heterocycles. The molecule has 1 heterocycles. The molecule has 2 amide bonds. The molecule has 0 aliphatic carbocycles. The minimum absolute atomic E-state index is 0.156. The standard InChI is InChI=1S/C12H23N3O3/c1-8(11(16)17)7-13-12(18)14-10-4-5-15(3)9(2)6-10/h8-10H,4-7H2,1-3H3,(H,16,17)(H2,13,14,18). The summed E-state index contributed by atoms with van der Waals surface area (Å²) in [4.78, 5) is 24.5. The number of amides is 2. The van der Waals surface area contributed by atoms with Gasteiger partial charge in [0.1, 0.15) is 0 Å². The number of likely N-dealkylation sites (tertiary alicyclic amines) is 1. The number of rotatable bonds is 4. The Morgan fingerprint density at radius 1 is 1.50 bits per heavy atom. The number of hydrogen-bond acceptors (Lipinski definition) is 3. The molecule has 0 saturated carbocycles. The molecule has 1 saturated heterocycles. The highest BCUT2D eigenvalue weighted by molar-refractivity contribution is 5.75. The smallest absolute Gasteiger partial charge is 0.315 e.